The van der Waals surface area contributed by atoms with E-state index in [-0.39, 0.29) is 17.8 Å². The number of rotatable bonds is 3. The summed E-state index contributed by atoms with van der Waals surface area (Å²) in [6.45, 7) is 1.18. The number of nitrogens with one attached hydrogen (secondary N) is 2. The average Bonchev–Trinajstić information content (AvgIpc) is 3.48. The van der Waals surface area contributed by atoms with Crippen LogP contribution in [0, 0.1) is 5.82 Å². The van der Waals surface area contributed by atoms with E-state index in [2.05, 4.69) is 27.4 Å². The molecular formula is C26H24FN7O. The molecule has 1 fully saturated rings. The molecule has 0 unspecified atom stereocenters. The van der Waals surface area contributed by atoms with E-state index in [0.29, 0.717) is 24.6 Å². The minimum atomic E-state index is -0.335. The fraction of sp³-hybridized carbons (Fsp3) is 0.192. The lowest BCUT2D eigenvalue weighted by atomic mass is 9.96. The number of nitrogens with zero attached hydrogens (tertiary/aromatic N) is 4. The summed E-state index contributed by atoms with van der Waals surface area (Å²) >= 11 is 0. The molecule has 3 aromatic heterocycles. The van der Waals surface area contributed by atoms with Crippen molar-refractivity contribution in [2.45, 2.75) is 18.8 Å². The molecule has 6 rings (SSSR count). The van der Waals surface area contributed by atoms with Crippen LogP contribution in [0.5, 0.6) is 0 Å². The number of halogens is 1. The predicted molar refractivity (Wildman–Crippen MR) is 134 cm³/mol. The SMILES string of the molecule is Nc1nccn2c(C3CCN(C(=O)Nc4ccc(F)cc4)CC3)nc(-c3cc4ccccc4[nH]3)c12. The molecule has 35 heavy (non-hydrogen) atoms. The fourth-order valence-electron chi connectivity index (χ4n) is 4.84. The van der Waals surface area contributed by atoms with Gasteiger partial charge in [0.2, 0.25) is 0 Å². The summed E-state index contributed by atoms with van der Waals surface area (Å²) in [5.74, 6) is 1.17. The first-order chi connectivity index (χ1) is 17.1. The van der Waals surface area contributed by atoms with Crippen LogP contribution in [0.25, 0.3) is 27.8 Å². The third-order valence-electron chi connectivity index (χ3n) is 6.64. The Morgan fingerprint density at radius 1 is 1.11 bits per heavy atom. The van der Waals surface area contributed by atoms with Gasteiger partial charge in [0.05, 0.1) is 5.69 Å². The van der Waals surface area contributed by atoms with Crippen molar-refractivity contribution in [1.29, 1.82) is 0 Å². The number of nitrogen functional groups attached to an aromatic ring is 1. The van der Waals surface area contributed by atoms with Crippen LogP contribution in [0.15, 0.2) is 67.0 Å². The van der Waals surface area contributed by atoms with Gasteiger partial charge in [0.25, 0.3) is 0 Å². The fourth-order valence-corrected chi connectivity index (χ4v) is 4.84. The zero-order valence-corrected chi connectivity index (χ0v) is 18.9. The van der Waals surface area contributed by atoms with E-state index in [4.69, 9.17) is 10.7 Å². The molecule has 0 spiro atoms. The van der Waals surface area contributed by atoms with Gasteiger partial charge in [0.15, 0.2) is 0 Å². The smallest absolute Gasteiger partial charge is 0.321 e. The van der Waals surface area contributed by atoms with Crippen molar-refractivity contribution in [2.75, 3.05) is 24.1 Å². The molecule has 4 N–H and O–H groups in total. The molecule has 2 aromatic carbocycles. The molecule has 2 amide bonds. The molecule has 0 radical (unpaired) electrons. The Morgan fingerprint density at radius 2 is 1.89 bits per heavy atom. The highest BCUT2D eigenvalue weighted by Gasteiger charge is 2.28. The Labute approximate surface area is 200 Å². The Morgan fingerprint density at radius 3 is 2.66 bits per heavy atom. The maximum Gasteiger partial charge on any atom is 0.321 e. The summed E-state index contributed by atoms with van der Waals surface area (Å²) in [5.41, 5.74) is 10.4. The molecule has 5 aromatic rings. The number of aromatic nitrogens is 4. The Hall–Kier alpha value is -4.40. The van der Waals surface area contributed by atoms with Crippen molar-refractivity contribution in [3.8, 4) is 11.4 Å². The summed E-state index contributed by atoms with van der Waals surface area (Å²) in [5, 5.41) is 3.94. The first kappa shape index (κ1) is 21.2. The second-order valence-corrected chi connectivity index (χ2v) is 8.82. The number of H-pyrrole nitrogens is 1. The summed E-state index contributed by atoms with van der Waals surface area (Å²) in [6, 6.07) is 15.8. The maximum atomic E-state index is 13.1. The van der Waals surface area contributed by atoms with Crippen LogP contribution in [-0.2, 0) is 0 Å². The number of carbonyl (C=O) groups excluding carboxylic acids is 1. The Kier molecular flexibility index (Phi) is 5.09. The molecule has 0 saturated carbocycles. The largest absolute Gasteiger partial charge is 0.382 e. The van der Waals surface area contributed by atoms with Gasteiger partial charge in [-0.25, -0.2) is 19.2 Å². The molecule has 1 aliphatic heterocycles. The van der Waals surface area contributed by atoms with Crippen molar-refractivity contribution >= 4 is 34.0 Å². The molecule has 8 nitrogen and oxygen atoms in total. The van der Waals surface area contributed by atoms with Crippen molar-refractivity contribution in [3.05, 3.63) is 78.6 Å². The van der Waals surface area contributed by atoms with E-state index in [1.54, 1.807) is 23.2 Å². The average molecular weight is 470 g/mol. The Bertz CT molecular complexity index is 1500. The van der Waals surface area contributed by atoms with E-state index >= 15 is 0 Å². The first-order valence-corrected chi connectivity index (χ1v) is 11.6. The summed E-state index contributed by atoms with van der Waals surface area (Å²) in [6.07, 6.45) is 5.12. The summed E-state index contributed by atoms with van der Waals surface area (Å²) < 4.78 is 15.2. The number of hydrogen-bond donors (Lipinski definition) is 3. The van der Waals surface area contributed by atoms with Crippen molar-refractivity contribution in [1.82, 2.24) is 24.3 Å². The molecule has 0 bridgehead atoms. The molecule has 0 atom stereocenters. The number of anilines is 2. The minimum Gasteiger partial charge on any atom is -0.382 e. The van der Waals surface area contributed by atoms with Gasteiger partial charge in [-0.1, -0.05) is 18.2 Å². The van der Waals surface area contributed by atoms with Crippen LogP contribution < -0.4 is 11.1 Å². The quantitative estimate of drug-likeness (QED) is 0.345. The van der Waals surface area contributed by atoms with E-state index in [0.717, 1.165) is 46.5 Å². The normalized spacial score (nSPS) is 14.6. The van der Waals surface area contributed by atoms with Crippen molar-refractivity contribution in [3.63, 3.8) is 0 Å². The summed E-state index contributed by atoms with van der Waals surface area (Å²) in [4.78, 5) is 27.3. The molecule has 1 saturated heterocycles. The predicted octanol–water partition coefficient (Wildman–Crippen LogP) is 5.01. The number of amides is 2. The number of nitrogens with two attached hydrogens (primary N) is 1. The number of hydrogen-bond acceptors (Lipinski definition) is 4. The van der Waals surface area contributed by atoms with Crippen molar-refractivity contribution < 1.29 is 9.18 Å². The molecule has 1 aliphatic rings. The number of para-hydroxylation sites is 1. The van der Waals surface area contributed by atoms with Gasteiger partial charge in [-0.3, -0.25) is 4.40 Å². The molecule has 4 heterocycles. The number of urea groups is 1. The van der Waals surface area contributed by atoms with Crippen LogP contribution in [-0.4, -0.2) is 43.4 Å². The van der Waals surface area contributed by atoms with Gasteiger partial charge in [0.1, 0.15) is 28.7 Å². The third kappa shape index (κ3) is 3.84. The number of piperidine rings is 1. The van der Waals surface area contributed by atoms with Crippen LogP contribution in [0.4, 0.5) is 20.7 Å². The number of fused-ring (bicyclic) bond motifs is 2. The zero-order chi connectivity index (χ0) is 23.9. The topological polar surface area (TPSA) is 104 Å². The standard InChI is InChI=1S/C26H24FN7O/c27-18-5-7-19(8-6-18)30-26(35)33-12-9-16(10-13-33)25-32-22(23-24(28)29-11-14-34(23)25)21-15-17-3-1-2-4-20(17)31-21/h1-8,11,14-16,31H,9-10,12-13H2,(H2,28,29)(H,30,35). The van der Waals surface area contributed by atoms with Crippen LogP contribution >= 0.6 is 0 Å². The summed E-state index contributed by atoms with van der Waals surface area (Å²) in [7, 11) is 0. The molecule has 9 heteroatoms. The molecule has 0 aliphatic carbocycles. The van der Waals surface area contributed by atoms with Gasteiger partial charge < -0.3 is 20.9 Å². The first-order valence-electron chi connectivity index (χ1n) is 11.6. The van der Waals surface area contributed by atoms with E-state index in [1.807, 2.05) is 28.8 Å². The number of carbonyl (C=O) groups is 1. The molecule has 176 valence electrons. The van der Waals surface area contributed by atoms with E-state index in [1.165, 1.54) is 12.1 Å². The highest BCUT2D eigenvalue weighted by Crippen LogP contribution is 2.35. The highest BCUT2D eigenvalue weighted by atomic mass is 19.1. The second kappa shape index (κ2) is 8.43. The van der Waals surface area contributed by atoms with Crippen molar-refractivity contribution in [2.24, 2.45) is 0 Å². The second-order valence-electron chi connectivity index (χ2n) is 8.82. The van der Waals surface area contributed by atoms with Crippen LogP contribution in [0.2, 0.25) is 0 Å². The maximum absolute atomic E-state index is 13.1. The zero-order valence-electron chi connectivity index (χ0n) is 18.9. The number of benzene rings is 2. The number of likely N-dealkylation sites (tertiary alicyclic amines) is 1. The lowest BCUT2D eigenvalue weighted by Gasteiger charge is -2.31. The minimum absolute atomic E-state index is 0.164. The third-order valence-corrected chi connectivity index (χ3v) is 6.64. The van der Waals surface area contributed by atoms with Gasteiger partial charge in [-0.15, -0.1) is 0 Å². The van der Waals surface area contributed by atoms with E-state index < -0.39 is 0 Å². The van der Waals surface area contributed by atoms with Gasteiger partial charge in [0, 0.05) is 48.0 Å². The van der Waals surface area contributed by atoms with Crippen LogP contribution in [0.3, 0.4) is 0 Å². The van der Waals surface area contributed by atoms with E-state index in [9.17, 15) is 9.18 Å². The van der Waals surface area contributed by atoms with Gasteiger partial charge >= 0.3 is 6.03 Å². The number of aromatic amines is 1. The Balaban J connectivity index is 1.26. The van der Waals surface area contributed by atoms with Gasteiger partial charge in [-0.05, 0) is 49.2 Å². The van der Waals surface area contributed by atoms with Gasteiger partial charge in [-0.2, -0.15) is 0 Å². The highest BCUT2D eigenvalue weighted by molar-refractivity contribution is 5.91. The monoisotopic (exact) mass is 469 g/mol. The lowest BCUT2D eigenvalue weighted by molar-refractivity contribution is 0.193. The molecular weight excluding hydrogens is 445 g/mol. The number of imidazole rings is 1. The lowest BCUT2D eigenvalue weighted by Crippen LogP contribution is -2.40. The van der Waals surface area contributed by atoms with Crippen LogP contribution in [0.1, 0.15) is 24.6 Å².